The van der Waals surface area contributed by atoms with Crippen LogP contribution in [-0.4, -0.2) is 12.6 Å². The molecule has 0 saturated heterocycles. The van der Waals surface area contributed by atoms with E-state index in [4.69, 9.17) is 4.74 Å². The van der Waals surface area contributed by atoms with Crippen LogP contribution in [0, 0.1) is 0 Å². The van der Waals surface area contributed by atoms with Gasteiger partial charge in [0.2, 0.25) is 0 Å². The van der Waals surface area contributed by atoms with Crippen LogP contribution in [0.4, 0.5) is 8.78 Å². The minimum atomic E-state index is -2.93. The monoisotopic (exact) mass is 228 g/mol. The summed E-state index contributed by atoms with van der Waals surface area (Å²) in [6, 6.07) is 4.07. The fourth-order valence-corrected chi connectivity index (χ4v) is 1.11. The van der Waals surface area contributed by atoms with Crippen LogP contribution in [0.25, 0.3) is 6.08 Å². The molecule has 5 heteroatoms. The van der Waals surface area contributed by atoms with E-state index in [1.54, 1.807) is 0 Å². The van der Waals surface area contributed by atoms with Crippen molar-refractivity contribution in [1.29, 1.82) is 0 Å². The number of ether oxygens (including phenoxy) is 2. The normalized spacial score (nSPS) is 10.0. The maximum Gasteiger partial charge on any atom is 0.387 e. The predicted molar refractivity (Wildman–Crippen MR) is 54.5 cm³/mol. The van der Waals surface area contributed by atoms with Crippen molar-refractivity contribution in [2.75, 3.05) is 0 Å². The summed E-state index contributed by atoms with van der Waals surface area (Å²) in [5, 5.41) is 0. The standard InChI is InChI=1S/C11H10F2O3/c1-3-8-4-9(15-7(2)14)6-10(5-8)16-11(12)13/h3-6,11H,1H2,2H3. The number of esters is 1. The van der Waals surface area contributed by atoms with Gasteiger partial charge in [0.15, 0.2) is 0 Å². The number of carbonyl (C=O) groups excluding carboxylic acids is 1. The quantitative estimate of drug-likeness (QED) is 0.587. The Morgan fingerprint density at radius 2 is 2.00 bits per heavy atom. The summed E-state index contributed by atoms with van der Waals surface area (Å²) in [4.78, 5) is 10.7. The lowest BCUT2D eigenvalue weighted by Gasteiger charge is -2.08. The fraction of sp³-hybridized carbons (Fsp3) is 0.182. The van der Waals surface area contributed by atoms with Crippen molar-refractivity contribution in [2.24, 2.45) is 0 Å². The summed E-state index contributed by atoms with van der Waals surface area (Å²) < 4.78 is 33.0. The highest BCUT2D eigenvalue weighted by Crippen LogP contribution is 2.25. The Kier molecular flexibility index (Phi) is 3.99. The molecule has 0 fully saturated rings. The number of benzene rings is 1. The van der Waals surface area contributed by atoms with E-state index >= 15 is 0 Å². The van der Waals surface area contributed by atoms with E-state index in [2.05, 4.69) is 11.3 Å². The molecule has 0 amide bonds. The lowest BCUT2D eigenvalue weighted by atomic mass is 10.2. The van der Waals surface area contributed by atoms with Crippen molar-refractivity contribution >= 4 is 12.0 Å². The molecule has 0 heterocycles. The van der Waals surface area contributed by atoms with Crippen molar-refractivity contribution in [3.63, 3.8) is 0 Å². The minimum absolute atomic E-state index is 0.0800. The van der Waals surface area contributed by atoms with Crippen LogP contribution in [0.3, 0.4) is 0 Å². The Morgan fingerprint density at radius 3 is 2.50 bits per heavy atom. The smallest absolute Gasteiger partial charge is 0.387 e. The van der Waals surface area contributed by atoms with Crippen molar-refractivity contribution in [3.05, 3.63) is 30.3 Å². The van der Waals surface area contributed by atoms with Crippen molar-refractivity contribution < 1.29 is 23.0 Å². The van der Waals surface area contributed by atoms with Gasteiger partial charge in [0.1, 0.15) is 11.5 Å². The molecule has 1 rings (SSSR count). The first-order valence-electron chi connectivity index (χ1n) is 4.42. The van der Waals surface area contributed by atoms with Gasteiger partial charge in [0.05, 0.1) is 0 Å². The van der Waals surface area contributed by atoms with Gasteiger partial charge in [-0.25, -0.2) is 0 Å². The molecule has 0 aromatic heterocycles. The zero-order valence-corrected chi connectivity index (χ0v) is 8.57. The maximum absolute atomic E-state index is 12.0. The number of alkyl halides is 2. The third-order valence-corrected chi connectivity index (χ3v) is 1.62. The van der Waals surface area contributed by atoms with E-state index in [1.165, 1.54) is 31.2 Å². The molecule has 0 atom stereocenters. The van der Waals surface area contributed by atoms with Gasteiger partial charge >= 0.3 is 12.6 Å². The lowest BCUT2D eigenvalue weighted by molar-refractivity contribution is -0.131. The molecule has 0 aliphatic rings. The number of halogens is 2. The Morgan fingerprint density at radius 1 is 1.38 bits per heavy atom. The van der Waals surface area contributed by atoms with Crippen LogP contribution in [-0.2, 0) is 4.79 Å². The Bertz CT molecular complexity index is 402. The first-order chi connectivity index (χ1) is 7.51. The first kappa shape index (κ1) is 12.2. The number of hydrogen-bond donors (Lipinski definition) is 0. The summed E-state index contributed by atoms with van der Waals surface area (Å²) in [6.45, 7) is 1.78. The first-order valence-corrected chi connectivity index (χ1v) is 4.42. The predicted octanol–water partition coefficient (Wildman–Crippen LogP) is 2.86. The molecule has 0 unspecified atom stereocenters. The van der Waals surface area contributed by atoms with Gasteiger partial charge in [0, 0.05) is 13.0 Å². The van der Waals surface area contributed by atoms with E-state index in [-0.39, 0.29) is 11.5 Å². The van der Waals surface area contributed by atoms with Gasteiger partial charge in [-0.3, -0.25) is 4.79 Å². The zero-order chi connectivity index (χ0) is 12.1. The van der Waals surface area contributed by atoms with Crippen LogP contribution in [0.1, 0.15) is 12.5 Å². The molecule has 1 aromatic carbocycles. The van der Waals surface area contributed by atoms with Gasteiger partial charge in [-0.2, -0.15) is 8.78 Å². The van der Waals surface area contributed by atoms with Crippen molar-refractivity contribution in [1.82, 2.24) is 0 Å². The molecular formula is C11H10F2O3. The molecule has 3 nitrogen and oxygen atoms in total. The highest BCUT2D eigenvalue weighted by Gasteiger charge is 2.08. The molecule has 86 valence electrons. The average molecular weight is 228 g/mol. The Labute approximate surface area is 91.3 Å². The van der Waals surface area contributed by atoms with Gasteiger partial charge < -0.3 is 9.47 Å². The molecule has 0 bridgehead atoms. The molecular weight excluding hydrogens is 218 g/mol. The molecule has 0 spiro atoms. The number of rotatable bonds is 4. The fourth-order valence-electron chi connectivity index (χ4n) is 1.11. The van der Waals surface area contributed by atoms with Gasteiger partial charge in [-0.15, -0.1) is 0 Å². The molecule has 0 N–H and O–H groups in total. The van der Waals surface area contributed by atoms with E-state index in [0.29, 0.717) is 5.56 Å². The molecule has 1 aromatic rings. The van der Waals surface area contributed by atoms with Crippen LogP contribution in [0.15, 0.2) is 24.8 Å². The van der Waals surface area contributed by atoms with Crippen molar-refractivity contribution in [2.45, 2.75) is 13.5 Å². The number of hydrogen-bond acceptors (Lipinski definition) is 3. The third-order valence-electron chi connectivity index (χ3n) is 1.62. The summed E-state index contributed by atoms with van der Waals surface area (Å²) in [7, 11) is 0. The van der Waals surface area contributed by atoms with E-state index < -0.39 is 12.6 Å². The van der Waals surface area contributed by atoms with Crippen LogP contribution in [0.2, 0.25) is 0 Å². The van der Waals surface area contributed by atoms with E-state index in [1.807, 2.05) is 0 Å². The third kappa shape index (κ3) is 3.68. The van der Waals surface area contributed by atoms with Gasteiger partial charge in [0.25, 0.3) is 0 Å². The Hall–Kier alpha value is -1.91. The zero-order valence-electron chi connectivity index (χ0n) is 8.57. The highest BCUT2D eigenvalue weighted by molar-refractivity contribution is 5.70. The van der Waals surface area contributed by atoms with Crippen molar-refractivity contribution in [3.8, 4) is 11.5 Å². The lowest BCUT2D eigenvalue weighted by Crippen LogP contribution is -2.04. The van der Waals surface area contributed by atoms with Crippen LogP contribution < -0.4 is 9.47 Å². The van der Waals surface area contributed by atoms with Gasteiger partial charge in [-0.1, -0.05) is 12.7 Å². The summed E-state index contributed by atoms with van der Waals surface area (Å²) in [6.07, 6.45) is 1.44. The molecule has 0 saturated carbocycles. The maximum atomic E-state index is 12.0. The van der Waals surface area contributed by atoms with E-state index in [0.717, 1.165) is 0 Å². The second-order valence-electron chi connectivity index (χ2n) is 2.91. The topological polar surface area (TPSA) is 35.5 Å². The minimum Gasteiger partial charge on any atom is -0.435 e. The molecule has 0 aliphatic heterocycles. The van der Waals surface area contributed by atoms with E-state index in [9.17, 15) is 13.6 Å². The average Bonchev–Trinajstić information content (AvgIpc) is 2.14. The SMILES string of the molecule is C=Cc1cc(OC(C)=O)cc(OC(F)F)c1. The molecule has 0 radical (unpaired) electrons. The number of carbonyl (C=O) groups is 1. The van der Waals surface area contributed by atoms with Gasteiger partial charge in [-0.05, 0) is 17.7 Å². The second-order valence-corrected chi connectivity index (χ2v) is 2.91. The van der Waals surface area contributed by atoms with Crippen LogP contribution in [0.5, 0.6) is 11.5 Å². The van der Waals surface area contributed by atoms with Crippen LogP contribution >= 0.6 is 0 Å². The molecule has 16 heavy (non-hydrogen) atoms. The second kappa shape index (κ2) is 5.25. The summed E-state index contributed by atoms with van der Waals surface area (Å²) in [5.41, 5.74) is 0.523. The summed E-state index contributed by atoms with van der Waals surface area (Å²) in [5.74, 6) is -0.478. The Balaban J connectivity index is 3.00. The molecule has 0 aliphatic carbocycles. The largest absolute Gasteiger partial charge is 0.435 e. The summed E-state index contributed by atoms with van der Waals surface area (Å²) >= 11 is 0. The highest BCUT2D eigenvalue weighted by atomic mass is 19.3.